The number of fused-ring (bicyclic) bond motifs is 1. The number of hydrogen-bond acceptors (Lipinski definition) is 1. The first-order valence-electron chi connectivity index (χ1n) is 6.87. The van der Waals surface area contributed by atoms with Crippen molar-refractivity contribution in [2.45, 2.75) is 31.8 Å². The Morgan fingerprint density at radius 3 is 2.75 bits per heavy atom. The van der Waals surface area contributed by atoms with Crippen molar-refractivity contribution >= 4 is 27.5 Å². The predicted molar refractivity (Wildman–Crippen MR) is 86.3 cm³/mol. The summed E-state index contributed by atoms with van der Waals surface area (Å²) in [6, 6.07) is 12.1. The summed E-state index contributed by atoms with van der Waals surface area (Å²) in [5.41, 5.74) is 4.94. The van der Waals surface area contributed by atoms with Crippen LogP contribution in [0.15, 0.2) is 40.9 Å². The van der Waals surface area contributed by atoms with Crippen LogP contribution in [0.4, 0.5) is 0 Å². The minimum absolute atomic E-state index is 0.539. The molecule has 2 aromatic rings. The van der Waals surface area contributed by atoms with E-state index in [2.05, 4.69) is 34.1 Å². The van der Waals surface area contributed by atoms with E-state index in [0.717, 1.165) is 10.0 Å². The van der Waals surface area contributed by atoms with E-state index in [-0.39, 0.29) is 0 Å². The number of hydrogen-bond donors (Lipinski definition) is 1. The Kier molecular flexibility index (Phi) is 4.16. The Morgan fingerprint density at radius 2 is 1.90 bits per heavy atom. The highest BCUT2D eigenvalue weighted by atomic mass is 79.9. The van der Waals surface area contributed by atoms with Gasteiger partial charge in [-0.15, -0.1) is 0 Å². The fraction of sp³-hybridized carbons (Fsp3) is 0.294. The van der Waals surface area contributed by atoms with E-state index in [4.69, 9.17) is 11.6 Å². The zero-order valence-corrected chi connectivity index (χ0v) is 13.4. The lowest BCUT2D eigenvalue weighted by molar-refractivity contribution is 0.177. The molecule has 1 aliphatic rings. The van der Waals surface area contributed by atoms with Crippen LogP contribution in [0.2, 0.25) is 5.02 Å². The van der Waals surface area contributed by atoms with Crippen LogP contribution in [0.5, 0.6) is 0 Å². The highest BCUT2D eigenvalue weighted by molar-refractivity contribution is 9.10. The van der Waals surface area contributed by atoms with Crippen molar-refractivity contribution in [3.63, 3.8) is 0 Å². The van der Waals surface area contributed by atoms with E-state index in [0.29, 0.717) is 11.4 Å². The van der Waals surface area contributed by atoms with Crippen molar-refractivity contribution in [3.8, 4) is 0 Å². The van der Waals surface area contributed by atoms with Crippen LogP contribution in [-0.2, 0) is 19.3 Å². The first-order chi connectivity index (χ1) is 9.63. The van der Waals surface area contributed by atoms with Crippen LogP contribution < -0.4 is 0 Å². The Labute approximate surface area is 132 Å². The maximum atomic E-state index is 10.4. The molecule has 0 saturated carbocycles. The molecule has 0 bridgehead atoms. The number of aryl methyl sites for hydroxylation is 2. The third kappa shape index (κ3) is 2.93. The minimum Gasteiger partial charge on any atom is -0.388 e. The number of benzene rings is 2. The van der Waals surface area contributed by atoms with Crippen molar-refractivity contribution < 1.29 is 5.11 Å². The molecule has 0 spiro atoms. The molecule has 0 heterocycles. The topological polar surface area (TPSA) is 20.2 Å². The standard InChI is InChI=1S/C17H16BrClO/c18-16-7-6-14(19)10-15(16)17(20)9-11-4-5-12-2-1-3-13(12)8-11/h4-8,10,17,20H,1-3,9H2. The normalized spacial score (nSPS) is 15.2. The summed E-state index contributed by atoms with van der Waals surface area (Å²) >= 11 is 9.48. The number of aliphatic hydroxyl groups is 1. The van der Waals surface area contributed by atoms with Crippen LogP contribution in [0.1, 0.15) is 34.8 Å². The Morgan fingerprint density at radius 1 is 1.10 bits per heavy atom. The highest BCUT2D eigenvalue weighted by Crippen LogP contribution is 2.30. The van der Waals surface area contributed by atoms with E-state index >= 15 is 0 Å². The van der Waals surface area contributed by atoms with Crippen LogP contribution >= 0.6 is 27.5 Å². The predicted octanol–water partition coefficient (Wildman–Crippen LogP) is 4.87. The van der Waals surface area contributed by atoms with Gasteiger partial charge >= 0.3 is 0 Å². The number of rotatable bonds is 3. The summed E-state index contributed by atoms with van der Waals surface area (Å²) in [6.45, 7) is 0. The summed E-state index contributed by atoms with van der Waals surface area (Å²) in [7, 11) is 0. The first-order valence-corrected chi connectivity index (χ1v) is 8.04. The molecule has 1 aliphatic carbocycles. The molecule has 1 N–H and O–H groups in total. The third-order valence-electron chi connectivity index (χ3n) is 3.91. The second kappa shape index (κ2) is 5.88. The molecule has 0 aliphatic heterocycles. The molecule has 20 heavy (non-hydrogen) atoms. The molecule has 0 saturated heterocycles. The van der Waals surface area contributed by atoms with Crippen LogP contribution in [0.25, 0.3) is 0 Å². The van der Waals surface area contributed by atoms with Gasteiger partial charge in [0.15, 0.2) is 0 Å². The minimum atomic E-state index is -0.539. The van der Waals surface area contributed by atoms with E-state index < -0.39 is 6.10 Å². The van der Waals surface area contributed by atoms with Crippen molar-refractivity contribution in [2.75, 3.05) is 0 Å². The fourth-order valence-corrected chi connectivity index (χ4v) is 3.55. The summed E-state index contributed by atoms with van der Waals surface area (Å²) in [5, 5.41) is 11.1. The van der Waals surface area contributed by atoms with Gasteiger partial charge in [0.1, 0.15) is 0 Å². The van der Waals surface area contributed by atoms with Gasteiger partial charge in [-0.3, -0.25) is 0 Å². The Hall–Kier alpha value is -0.830. The van der Waals surface area contributed by atoms with E-state index in [1.807, 2.05) is 18.2 Å². The summed E-state index contributed by atoms with van der Waals surface area (Å²) in [5.74, 6) is 0. The van der Waals surface area contributed by atoms with Crippen LogP contribution in [0, 0.1) is 0 Å². The zero-order chi connectivity index (χ0) is 14.1. The summed E-state index contributed by atoms with van der Waals surface area (Å²) < 4.78 is 0.899. The molecule has 0 amide bonds. The molecule has 0 fully saturated rings. The van der Waals surface area contributed by atoms with Gasteiger partial charge in [0.2, 0.25) is 0 Å². The summed E-state index contributed by atoms with van der Waals surface area (Å²) in [4.78, 5) is 0. The largest absolute Gasteiger partial charge is 0.388 e. The van der Waals surface area contributed by atoms with Crippen molar-refractivity contribution in [1.29, 1.82) is 0 Å². The van der Waals surface area contributed by atoms with Gasteiger partial charge in [0.05, 0.1) is 6.10 Å². The second-order valence-corrected chi connectivity index (χ2v) is 6.63. The van der Waals surface area contributed by atoms with Crippen LogP contribution in [0.3, 0.4) is 0 Å². The first kappa shape index (κ1) is 14.1. The van der Waals surface area contributed by atoms with Gasteiger partial charge in [-0.1, -0.05) is 45.7 Å². The van der Waals surface area contributed by atoms with Gasteiger partial charge in [-0.05, 0) is 59.7 Å². The van der Waals surface area contributed by atoms with Crippen molar-refractivity contribution in [2.24, 2.45) is 0 Å². The molecular formula is C17H16BrClO. The van der Waals surface area contributed by atoms with Crippen molar-refractivity contribution in [1.82, 2.24) is 0 Å². The fourth-order valence-electron chi connectivity index (χ4n) is 2.86. The maximum absolute atomic E-state index is 10.4. The van der Waals surface area contributed by atoms with Gasteiger partial charge < -0.3 is 5.11 Å². The number of aliphatic hydroxyl groups excluding tert-OH is 1. The smallest absolute Gasteiger partial charge is 0.0841 e. The van der Waals surface area contributed by atoms with Crippen LogP contribution in [-0.4, -0.2) is 5.11 Å². The van der Waals surface area contributed by atoms with E-state index in [1.54, 1.807) is 0 Å². The maximum Gasteiger partial charge on any atom is 0.0841 e. The summed E-state index contributed by atoms with van der Waals surface area (Å²) in [6.07, 6.45) is 3.69. The quantitative estimate of drug-likeness (QED) is 0.836. The molecule has 1 unspecified atom stereocenters. The third-order valence-corrected chi connectivity index (χ3v) is 4.87. The lowest BCUT2D eigenvalue weighted by Gasteiger charge is -2.14. The van der Waals surface area contributed by atoms with Gasteiger partial charge in [-0.25, -0.2) is 0 Å². The molecule has 0 radical (unpaired) electrons. The van der Waals surface area contributed by atoms with E-state index in [9.17, 15) is 5.11 Å². The van der Waals surface area contributed by atoms with Gasteiger partial charge in [-0.2, -0.15) is 0 Å². The molecule has 3 heteroatoms. The molecule has 3 rings (SSSR count). The second-order valence-electron chi connectivity index (χ2n) is 5.34. The lowest BCUT2D eigenvalue weighted by atomic mass is 9.98. The van der Waals surface area contributed by atoms with Crippen molar-refractivity contribution in [3.05, 3.63) is 68.1 Å². The monoisotopic (exact) mass is 350 g/mol. The average molecular weight is 352 g/mol. The molecular weight excluding hydrogens is 336 g/mol. The zero-order valence-electron chi connectivity index (χ0n) is 11.1. The molecule has 1 atom stereocenters. The van der Waals surface area contributed by atoms with Gasteiger partial charge in [0, 0.05) is 15.9 Å². The van der Waals surface area contributed by atoms with Gasteiger partial charge in [0.25, 0.3) is 0 Å². The van der Waals surface area contributed by atoms with E-state index in [1.165, 1.54) is 36.0 Å². The lowest BCUT2D eigenvalue weighted by Crippen LogP contribution is -2.03. The Bertz CT molecular complexity index is 639. The average Bonchev–Trinajstić information content (AvgIpc) is 2.89. The molecule has 104 valence electrons. The Balaban J connectivity index is 1.82. The SMILES string of the molecule is OC(Cc1ccc2c(c1)CCC2)c1cc(Cl)ccc1Br. The molecule has 1 nitrogen and oxygen atoms in total. The number of halogens is 2. The molecule has 2 aromatic carbocycles. The highest BCUT2D eigenvalue weighted by Gasteiger charge is 2.15. The molecule has 0 aromatic heterocycles.